The molecule has 2 aromatic rings. The second-order valence-electron chi connectivity index (χ2n) is 6.76. The fraction of sp³-hybridized carbons (Fsp3) is 0.143. The number of hydrogen-bond acceptors (Lipinski definition) is 6. The minimum absolute atomic E-state index is 0.224. The van der Waals surface area contributed by atoms with Crippen LogP contribution in [0, 0.1) is 0 Å². The van der Waals surface area contributed by atoms with Crippen LogP contribution in [0.4, 0.5) is 10.5 Å². The molecule has 3 N–H and O–H groups in total. The number of aromatic carboxylic acids is 1. The summed E-state index contributed by atoms with van der Waals surface area (Å²) in [5.74, 6) is -2.52. The molecule has 9 heteroatoms. The summed E-state index contributed by atoms with van der Waals surface area (Å²) >= 11 is 0.873. The molecule has 3 rings (SSSR count). The van der Waals surface area contributed by atoms with E-state index in [1.165, 1.54) is 17.0 Å². The molecule has 0 saturated carbocycles. The van der Waals surface area contributed by atoms with Gasteiger partial charge in [0, 0.05) is 17.3 Å². The highest BCUT2D eigenvalue weighted by Crippen LogP contribution is 2.33. The Hall–Kier alpha value is -3.59. The average molecular weight is 426 g/mol. The van der Waals surface area contributed by atoms with Gasteiger partial charge in [-0.05, 0) is 67.6 Å². The Labute approximate surface area is 176 Å². The molecule has 0 aromatic heterocycles. The van der Waals surface area contributed by atoms with Gasteiger partial charge in [0.1, 0.15) is 11.3 Å². The van der Waals surface area contributed by atoms with E-state index >= 15 is 0 Å². The molecule has 1 aliphatic heterocycles. The summed E-state index contributed by atoms with van der Waals surface area (Å²) in [5.41, 5.74) is 0.867. The van der Waals surface area contributed by atoms with Crippen LogP contribution < -0.4 is 5.32 Å². The summed E-state index contributed by atoms with van der Waals surface area (Å²) in [6, 6.07) is 9.88. The van der Waals surface area contributed by atoms with Crippen LogP contribution in [0.25, 0.3) is 6.08 Å². The van der Waals surface area contributed by atoms with Crippen molar-refractivity contribution < 1.29 is 29.4 Å². The molecule has 0 bridgehead atoms. The number of aromatic hydroxyl groups is 1. The number of nitrogens with one attached hydrogen (secondary N) is 1. The first kappa shape index (κ1) is 21.1. The topological polar surface area (TPSA) is 124 Å². The Balaban J connectivity index is 1.74. The third-order valence-electron chi connectivity index (χ3n) is 4.30. The molecule has 0 atom stereocenters. The van der Waals surface area contributed by atoms with Crippen LogP contribution in [-0.4, -0.2) is 44.2 Å². The Morgan fingerprint density at radius 3 is 2.33 bits per heavy atom. The number of thioether (sulfide) groups is 1. The molecule has 30 heavy (non-hydrogen) atoms. The van der Waals surface area contributed by atoms with Crippen LogP contribution >= 0.6 is 11.8 Å². The van der Waals surface area contributed by atoms with Crippen LogP contribution in [-0.2, 0) is 4.79 Å². The van der Waals surface area contributed by atoms with Crippen molar-refractivity contribution >= 4 is 46.5 Å². The van der Waals surface area contributed by atoms with E-state index in [1.54, 1.807) is 44.2 Å². The van der Waals surface area contributed by atoms with E-state index in [2.05, 4.69) is 5.32 Å². The normalized spacial score (nSPS) is 15.2. The zero-order valence-corrected chi connectivity index (χ0v) is 16.9. The Morgan fingerprint density at radius 1 is 1.10 bits per heavy atom. The van der Waals surface area contributed by atoms with Gasteiger partial charge in [-0.1, -0.05) is 12.1 Å². The van der Waals surface area contributed by atoms with E-state index in [-0.39, 0.29) is 28.4 Å². The molecule has 0 spiro atoms. The predicted octanol–water partition coefficient (Wildman–Crippen LogP) is 3.79. The average Bonchev–Trinajstić information content (AvgIpc) is 2.96. The van der Waals surface area contributed by atoms with Crippen molar-refractivity contribution in [2.24, 2.45) is 0 Å². The standard InChI is InChI=1S/C21H18N2O6S/c1-11(2)23-19(26)17(30-21(23)29)9-12-3-5-13(6-4-12)18(25)22-14-7-8-16(24)15(10-14)20(27)28/h3-11,24H,1-2H3,(H,22,25)(H,27,28). The number of carbonyl (C=O) groups excluding carboxylic acids is 3. The van der Waals surface area contributed by atoms with Crippen LogP contribution in [0.5, 0.6) is 5.75 Å². The highest BCUT2D eigenvalue weighted by atomic mass is 32.2. The van der Waals surface area contributed by atoms with Crippen molar-refractivity contribution in [1.82, 2.24) is 4.90 Å². The molecule has 0 radical (unpaired) electrons. The highest BCUT2D eigenvalue weighted by molar-refractivity contribution is 8.18. The first-order valence-electron chi connectivity index (χ1n) is 8.92. The van der Waals surface area contributed by atoms with E-state index in [0.717, 1.165) is 17.8 Å². The smallest absolute Gasteiger partial charge is 0.339 e. The number of amides is 3. The number of rotatable bonds is 5. The second kappa shape index (κ2) is 8.42. The van der Waals surface area contributed by atoms with Gasteiger partial charge in [-0.15, -0.1) is 0 Å². The number of hydrogen-bond donors (Lipinski definition) is 3. The summed E-state index contributed by atoms with van der Waals surface area (Å²) < 4.78 is 0. The van der Waals surface area contributed by atoms with Crippen molar-refractivity contribution in [3.8, 4) is 5.75 Å². The third kappa shape index (κ3) is 4.36. The SMILES string of the molecule is CC(C)N1C(=O)SC(=Cc2ccc(C(=O)Nc3ccc(O)c(C(=O)O)c3)cc2)C1=O. The number of benzene rings is 2. The zero-order chi connectivity index (χ0) is 22.0. The van der Waals surface area contributed by atoms with Gasteiger partial charge in [-0.3, -0.25) is 19.3 Å². The van der Waals surface area contributed by atoms with Crippen LogP contribution in [0.1, 0.15) is 40.1 Å². The maximum atomic E-state index is 12.4. The number of nitrogens with zero attached hydrogens (tertiary/aromatic N) is 1. The highest BCUT2D eigenvalue weighted by Gasteiger charge is 2.36. The van der Waals surface area contributed by atoms with Gasteiger partial charge in [-0.2, -0.15) is 0 Å². The third-order valence-corrected chi connectivity index (χ3v) is 5.18. The van der Waals surface area contributed by atoms with Gasteiger partial charge < -0.3 is 15.5 Å². The first-order chi connectivity index (χ1) is 14.2. The lowest BCUT2D eigenvalue weighted by Crippen LogP contribution is -2.34. The lowest BCUT2D eigenvalue weighted by Gasteiger charge is -2.16. The van der Waals surface area contributed by atoms with E-state index in [0.29, 0.717) is 16.0 Å². The summed E-state index contributed by atoms with van der Waals surface area (Å²) in [6.07, 6.45) is 1.59. The number of carboxylic acids is 1. The molecule has 154 valence electrons. The lowest BCUT2D eigenvalue weighted by molar-refractivity contribution is -0.123. The fourth-order valence-electron chi connectivity index (χ4n) is 2.80. The van der Waals surface area contributed by atoms with Crippen LogP contribution in [0.15, 0.2) is 47.4 Å². The Kier molecular flexibility index (Phi) is 5.93. The van der Waals surface area contributed by atoms with Crippen molar-refractivity contribution in [3.63, 3.8) is 0 Å². The molecule has 1 aliphatic rings. The lowest BCUT2D eigenvalue weighted by atomic mass is 10.1. The molecule has 3 amide bonds. The Bertz CT molecular complexity index is 1080. The minimum atomic E-state index is -1.31. The van der Waals surface area contributed by atoms with Crippen LogP contribution in [0.2, 0.25) is 0 Å². The molecular weight excluding hydrogens is 408 g/mol. The quantitative estimate of drug-likeness (QED) is 0.491. The van der Waals surface area contributed by atoms with Gasteiger partial charge in [-0.25, -0.2) is 4.79 Å². The van der Waals surface area contributed by atoms with E-state index in [4.69, 9.17) is 5.11 Å². The first-order valence-corrected chi connectivity index (χ1v) is 9.74. The molecule has 1 fully saturated rings. The van der Waals surface area contributed by atoms with Gasteiger partial charge in [0.25, 0.3) is 17.1 Å². The molecular formula is C21H18N2O6S. The molecule has 0 aliphatic carbocycles. The number of imide groups is 1. The van der Waals surface area contributed by atoms with E-state index in [9.17, 15) is 24.3 Å². The largest absolute Gasteiger partial charge is 0.507 e. The predicted molar refractivity (Wildman–Crippen MR) is 112 cm³/mol. The number of carbonyl (C=O) groups is 4. The van der Waals surface area contributed by atoms with Crippen molar-refractivity contribution in [3.05, 3.63) is 64.1 Å². The maximum Gasteiger partial charge on any atom is 0.339 e. The summed E-state index contributed by atoms with van der Waals surface area (Å²) in [5, 5.41) is 20.8. The van der Waals surface area contributed by atoms with Gasteiger partial charge in [0.15, 0.2) is 0 Å². The minimum Gasteiger partial charge on any atom is -0.507 e. The summed E-state index contributed by atoms with van der Waals surface area (Å²) in [7, 11) is 0. The number of phenols is 1. The van der Waals surface area contributed by atoms with Gasteiger partial charge in [0.05, 0.1) is 4.91 Å². The second-order valence-corrected chi connectivity index (χ2v) is 7.75. The molecule has 8 nitrogen and oxygen atoms in total. The zero-order valence-electron chi connectivity index (χ0n) is 16.1. The van der Waals surface area contributed by atoms with Gasteiger partial charge >= 0.3 is 5.97 Å². The van der Waals surface area contributed by atoms with Crippen molar-refractivity contribution in [2.45, 2.75) is 19.9 Å². The number of carboxylic acid groups (broad SMARTS) is 1. The van der Waals surface area contributed by atoms with Crippen molar-refractivity contribution in [2.75, 3.05) is 5.32 Å². The molecule has 1 saturated heterocycles. The van der Waals surface area contributed by atoms with Gasteiger partial charge in [0.2, 0.25) is 0 Å². The van der Waals surface area contributed by atoms with E-state index in [1.807, 2.05) is 0 Å². The molecule has 0 unspecified atom stereocenters. The monoisotopic (exact) mass is 426 g/mol. The Morgan fingerprint density at radius 2 is 1.77 bits per heavy atom. The van der Waals surface area contributed by atoms with Crippen molar-refractivity contribution in [1.29, 1.82) is 0 Å². The number of anilines is 1. The summed E-state index contributed by atoms with van der Waals surface area (Å²) in [6.45, 7) is 3.53. The summed E-state index contributed by atoms with van der Waals surface area (Å²) in [4.78, 5) is 49.3. The maximum absolute atomic E-state index is 12.4. The van der Waals surface area contributed by atoms with Crippen LogP contribution in [0.3, 0.4) is 0 Å². The fourth-order valence-corrected chi connectivity index (χ4v) is 3.76. The molecule has 2 aromatic carbocycles. The van der Waals surface area contributed by atoms with E-state index < -0.39 is 17.6 Å². The molecule has 1 heterocycles.